The van der Waals surface area contributed by atoms with E-state index in [-0.39, 0.29) is 18.0 Å². The average molecular weight is 299 g/mol. The molecule has 3 nitrogen and oxygen atoms in total. The number of amides is 1. The molecule has 1 aromatic rings. The van der Waals surface area contributed by atoms with Crippen molar-refractivity contribution < 1.29 is 4.79 Å². The van der Waals surface area contributed by atoms with Crippen molar-refractivity contribution in [2.24, 2.45) is 0 Å². The molecule has 0 radical (unpaired) electrons. The van der Waals surface area contributed by atoms with Gasteiger partial charge in [0, 0.05) is 17.6 Å². The summed E-state index contributed by atoms with van der Waals surface area (Å²) in [6.07, 6.45) is 0.947. The van der Waals surface area contributed by atoms with Crippen molar-refractivity contribution in [2.75, 3.05) is 7.05 Å². The van der Waals surface area contributed by atoms with Crippen molar-refractivity contribution in [1.29, 1.82) is 0 Å². The van der Waals surface area contributed by atoms with Crippen molar-refractivity contribution >= 4 is 21.8 Å². The maximum Gasteiger partial charge on any atom is 0.236 e. The molecule has 0 aliphatic rings. The van der Waals surface area contributed by atoms with E-state index in [4.69, 9.17) is 0 Å². The van der Waals surface area contributed by atoms with Gasteiger partial charge in [-0.2, -0.15) is 0 Å². The minimum Gasteiger partial charge on any atom is -0.358 e. The molecule has 0 aliphatic heterocycles. The van der Waals surface area contributed by atoms with E-state index >= 15 is 0 Å². The molecule has 94 valence electrons. The third-order valence-corrected chi connectivity index (χ3v) is 3.30. The topological polar surface area (TPSA) is 41.1 Å². The maximum atomic E-state index is 11.5. The van der Waals surface area contributed by atoms with Crippen molar-refractivity contribution in [3.63, 3.8) is 0 Å². The van der Waals surface area contributed by atoms with Crippen LogP contribution in [0.3, 0.4) is 0 Å². The Labute approximate surface area is 111 Å². The van der Waals surface area contributed by atoms with Crippen LogP contribution >= 0.6 is 15.9 Å². The fraction of sp³-hybridized carbons (Fsp3) is 0.462. The van der Waals surface area contributed by atoms with Gasteiger partial charge in [-0.1, -0.05) is 35.0 Å². The second-order valence-corrected chi connectivity index (χ2v) is 4.93. The summed E-state index contributed by atoms with van der Waals surface area (Å²) in [5.74, 6) is 0.0144. The molecule has 2 unspecified atom stereocenters. The van der Waals surface area contributed by atoms with Crippen LogP contribution in [0.4, 0.5) is 0 Å². The molecular formula is C13H19BrN2O. The van der Waals surface area contributed by atoms with Gasteiger partial charge in [0.1, 0.15) is 0 Å². The van der Waals surface area contributed by atoms with Crippen molar-refractivity contribution in [3.8, 4) is 0 Å². The zero-order valence-electron chi connectivity index (χ0n) is 10.5. The fourth-order valence-corrected chi connectivity index (χ4v) is 2.00. The lowest BCUT2D eigenvalue weighted by Gasteiger charge is -2.21. The molecule has 1 amide bonds. The van der Waals surface area contributed by atoms with Gasteiger partial charge in [-0.15, -0.1) is 0 Å². The number of benzene rings is 1. The normalized spacial score (nSPS) is 14.1. The van der Waals surface area contributed by atoms with Crippen molar-refractivity contribution in [1.82, 2.24) is 10.6 Å². The fourth-order valence-electron chi connectivity index (χ4n) is 1.74. The Morgan fingerprint density at radius 1 is 1.35 bits per heavy atom. The molecule has 0 spiro atoms. The predicted octanol–water partition coefficient (Wildman–Crippen LogP) is 2.62. The molecule has 2 N–H and O–H groups in total. The lowest BCUT2D eigenvalue weighted by atomic mass is 10.0. The monoisotopic (exact) mass is 298 g/mol. The van der Waals surface area contributed by atoms with Crippen molar-refractivity contribution in [2.45, 2.75) is 32.4 Å². The van der Waals surface area contributed by atoms with Gasteiger partial charge < -0.3 is 5.32 Å². The Bertz CT molecular complexity index is 364. The molecule has 0 heterocycles. The minimum absolute atomic E-state index is 0.0144. The van der Waals surface area contributed by atoms with Crippen LogP contribution in [-0.4, -0.2) is 19.0 Å². The Morgan fingerprint density at radius 2 is 1.94 bits per heavy atom. The lowest BCUT2D eigenvalue weighted by Crippen LogP contribution is -2.42. The number of hydrogen-bond donors (Lipinski definition) is 2. The van der Waals surface area contributed by atoms with Gasteiger partial charge in [-0.05, 0) is 31.0 Å². The Hall–Kier alpha value is -0.870. The quantitative estimate of drug-likeness (QED) is 0.877. The zero-order chi connectivity index (χ0) is 12.8. The number of halogens is 1. The summed E-state index contributed by atoms with van der Waals surface area (Å²) in [7, 11) is 1.65. The first-order valence-electron chi connectivity index (χ1n) is 5.81. The molecule has 0 aromatic heterocycles. The summed E-state index contributed by atoms with van der Waals surface area (Å²) in [6, 6.07) is 8.20. The van der Waals surface area contributed by atoms with E-state index in [2.05, 4.69) is 45.6 Å². The highest BCUT2D eigenvalue weighted by atomic mass is 79.9. The number of likely N-dealkylation sites (N-methyl/N-ethyl adjacent to an activating group) is 1. The molecule has 0 aliphatic carbocycles. The van der Waals surface area contributed by atoms with Gasteiger partial charge in [0.05, 0.1) is 6.04 Å². The Balaban J connectivity index is 2.71. The van der Waals surface area contributed by atoms with E-state index in [1.807, 2.05) is 19.1 Å². The van der Waals surface area contributed by atoms with Gasteiger partial charge in [-0.3, -0.25) is 10.1 Å². The summed E-state index contributed by atoms with van der Waals surface area (Å²) in [5, 5.41) is 5.97. The SMILES string of the molecule is CCC(NC(C)C(=O)NC)c1ccc(Br)cc1. The van der Waals surface area contributed by atoms with Crippen LogP contribution in [0.5, 0.6) is 0 Å². The van der Waals surface area contributed by atoms with Gasteiger partial charge in [0.15, 0.2) is 0 Å². The molecule has 1 aromatic carbocycles. The first-order valence-corrected chi connectivity index (χ1v) is 6.60. The molecule has 0 saturated carbocycles. The van der Waals surface area contributed by atoms with Crippen LogP contribution in [-0.2, 0) is 4.79 Å². The van der Waals surface area contributed by atoms with Crippen molar-refractivity contribution in [3.05, 3.63) is 34.3 Å². The van der Waals surface area contributed by atoms with Gasteiger partial charge in [0.2, 0.25) is 5.91 Å². The second kappa shape index (κ2) is 6.77. The van der Waals surface area contributed by atoms with Crippen LogP contribution in [0, 0.1) is 0 Å². The first kappa shape index (κ1) is 14.2. The van der Waals surface area contributed by atoms with Crippen LogP contribution < -0.4 is 10.6 Å². The predicted molar refractivity (Wildman–Crippen MR) is 73.8 cm³/mol. The largest absolute Gasteiger partial charge is 0.358 e. The van der Waals surface area contributed by atoms with Gasteiger partial charge in [-0.25, -0.2) is 0 Å². The molecular weight excluding hydrogens is 280 g/mol. The molecule has 0 bridgehead atoms. The highest BCUT2D eigenvalue weighted by Crippen LogP contribution is 2.19. The van der Waals surface area contributed by atoms with Gasteiger partial charge >= 0.3 is 0 Å². The molecule has 17 heavy (non-hydrogen) atoms. The van der Waals surface area contributed by atoms with E-state index < -0.39 is 0 Å². The smallest absolute Gasteiger partial charge is 0.236 e. The average Bonchev–Trinajstić information content (AvgIpc) is 2.35. The number of hydrogen-bond acceptors (Lipinski definition) is 2. The third-order valence-electron chi connectivity index (χ3n) is 2.77. The van der Waals surface area contributed by atoms with Crippen LogP contribution in [0.15, 0.2) is 28.7 Å². The van der Waals surface area contributed by atoms with E-state index in [0.717, 1.165) is 10.9 Å². The summed E-state index contributed by atoms with van der Waals surface area (Å²) in [4.78, 5) is 11.5. The van der Waals surface area contributed by atoms with Crippen LogP contribution in [0.25, 0.3) is 0 Å². The highest BCUT2D eigenvalue weighted by Gasteiger charge is 2.16. The van der Waals surface area contributed by atoms with Gasteiger partial charge in [0.25, 0.3) is 0 Å². The molecule has 0 fully saturated rings. The standard InChI is InChI=1S/C13H19BrN2O/c1-4-12(16-9(2)13(17)15-3)10-5-7-11(14)8-6-10/h5-9,12,16H,4H2,1-3H3,(H,15,17). The van der Waals surface area contributed by atoms with Crippen LogP contribution in [0.1, 0.15) is 31.9 Å². The lowest BCUT2D eigenvalue weighted by molar-refractivity contribution is -0.122. The van der Waals surface area contributed by atoms with E-state index in [1.165, 1.54) is 5.56 Å². The Kier molecular flexibility index (Phi) is 5.65. The Morgan fingerprint density at radius 3 is 2.41 bits per heavy atom. The molecule has 4 heteroatoms. The molecule has 2 atom stereocenters. The van der Waals surface area contributed by atoms with E-state index in [0.29, 0.717) is 0 Å². The zero-order valence-corrected chi connectivity index (χ0v) is 12.0. The number of carbonyl (C=O) groups is 1. The highest BCUT2D eigenvalue weighted by molar-refractivity contribution is 9.10. The van der Waals surface area contributed by atoms with Crippen LogP contribution in [0.2, 0.25) is 0 Å². The summed E-state index contributed by atoms with van der Waals surface area (Å²) in [5.41, 5.74) is 1.20. The summed E-state index contributed by atoms with van der Waals surface area (Å²) < 4.78 is 1.07. The number of rotatable bonds is 5. The number of nitrogens with one attached hydrogen (secondary N) is 2. The second-order valence-electron chi connectivity index (χ2n) is 4.01. The van der Waals surface area contributed by atoms with E-state index in [9.17, 15) is 4.79 Å². The van der Waals surface area contributed by atoms with E-state index in [1.54, 1.807) is 7.05 Å². The summed E-state index contributed by atoms with van der Waals surface area (Å²) >= 11 is 3.42. The first-order chi connectivity index (χ1) is 8.08. The maximum absolute atomic E-state index is 11.5. The summed E-state index contributed by atoms with van der Waals surface area (Å²) in [6.45, 7) is 3.98. The molecule has 1 rings (SSSR count). The third kappa shape index (κ3) is 4.13. The molecule has 0 saturated heterocycles. The minimum atomic E-state index is -0.186. The number of carbonyl (C=O) groups excluding carboxylic acids is 1.